The van der Waals surface area contributed by atoms with Gasteiger partial charge in [0, 0.05) is 19.7 Å². The first kappa shape index (κ1) is 18.2. The van der Waals surface area contributed by atoms with Crippen LogP contribution in [0.25, 0.3) is 0 Å². The summed E-state index contributed by atoms with van der Waals surface area (Å²) in [6.45, 7) is 5.95. The fourth-order valence-corrected chi connectivity index (χ4v) is 4.77. The van der Waals surface area contributed by atoms with Crippen molar-refractivity contribution in [3.63, 3.8) is 0 Å². The van der Waals surface area contributed by atoms with Crippen molar-refractivity contribution in [2.45, 2.75) is 44.9 Å². The molecule has 7 nitrogen and oxygen atoms in total. The van der Waals surface area contributed by atoms with E-state index in [2.05, 4.69) is 19.0 Å². The van der Waals surface area contributed by atoms with Crippen LogP contribution in [-0.4, -0.2) is 58.6 Å². The Morgan fingerprint density at radius 2 is 2.22 bits per heavy atom. The van der Waals surface area contributed by atoms with Gasteiger partial charge in [0.1, 0.15) is 17.6 Å². The van der Waals surface area contributed by atoms with Gasteiger partial charge in [-0.2, -0.15) is 0 Å². The first-order valence-electron chi connectivity index (χ1n) is 9.79. The van der Waals surface area contributed by atoms with Gasteiger partial charge in [0.15, 0.2) is 0 Å². The zero-order valence-corrected chi connectivity index (χ0v) is 16.1. The first-order valence-corrected chi connectivity index (χ1v) is 9.79. The molecule has 1 aromatic heterocycles. The fraction of sp³-hybridized carbons (Fsp3) is 0.650. The fourth-order valence-electron chi connectivity index (χ4n) is 4.77. The molecule has 4 atom stereocenters. The maximum absolute atomic E-state index is 13.2. The molecule has 7 heteroatoms. The number of carbonyl (C=O) groups excluding carboxylic acids is 2. The molecule has 1 aromatic rings. The zero-order chi connectivity index (χ0) is 19.2. The van der Waals surface area contributed by atoms with Gasteiger partial charge in [-0.1, -0.05) is 44.0 Å². The van der Waals surface area contributed by atoms with Crippen molar-refractivity contribution in [2.75, 3.05) is 20.1 Å². The van der Waals surface area contributed by atoms with E-state index in [0.717, 1.165) is 19.4 Å². The van der Waals surface area contributed by atoms with Crippen molar-refractivity contribution in [3.8, 4) is 0 Å². The number of nitrogens with zero attached hydrogens (tertiary/aromatic N) is 3. The van der Waals surface area contributed by atoms with Crippen molar-refractivity contribution < 1.29 is 18.8 Å². The molecule has 0 saturated carbocycles. The molecule has 0 unspecified atom stereocenters. The van der Waals surface area contributed by atoms with Crippen molar-refractivity contribution in [1.82, 2.24) is 15.0 Å². The summed E-state index contributed by atoms with van der Waals surface area (Å²) < 4.78 is 11.0. The third-order valence-electron chi connectivity index (χ3n) is 6.36. The van der Waals surface area contributed by atoms with Crippen LogP contribution in [0.2, 0.25) is 0 Å². The van der Waals surface area contributed by atoms with Crippen molar-refractivity contribution in [1.29, 1.82) is 0 Å². The van der Waals surface area contributed by atoms with E-state index in [1.54, 1.807) is 18.0 Å². The Labute approximate surface area is 159 Å². The van der Waals surface area contributed by atoms with E-state index in [1.807, 2.05) is 17.1 Å². The van der Waals surface area contributed by atoms with Crippen LogP contribution in [0.1, 0.15) is 32.4 Å². The number of hydrogen-bond acceptors (Lipinski definition) is 5. The van der Waals surface area contributed by atoms with Gasteiger partial charge in [0.05, 0.1) is 31.0 Å². The zero-order valence-electron chi connectivity index (χ0n) is 16.1. The summed E-state index contributed by atoms with van der Waals surface area (Å²) in [4.78, 5) is 29.9. The predicted octanol–water partition coefficient (Wildman–Crippen LogP) is 1.85. The lowest BCUT2D eigenvalue weighted by Crippen LogP contribution is -2.44. The second kappa shape index (κ2) is 6.78. The number of fused-ring (bicyclic) bond motifs is 1. The molecule has 3 aliphatic rings. The highest BCUT2D eigenvalue weighted by atomic mass is 16.5. The molecule has 3 aliphatic heterocycles. The molecule has 1 spiro atoms. The van der Waals surface area contributed by atoms with Crippen LogP contribution in [0.4, 0.5) is 0 Å². The van der Waals surface area contributed by atoms with E-state index in [0.29, 0.717) is 24.7 Å². The topological polar surface area (TPSA) is 75.9 Å². The van der Waals surface area contributed by atoms with Crippen molar-refractivity contribution in [2.24, 2.45) is 17.8 Å². The second-order valence-corrected chi connectivity index (χ2v) is 7.99. The number of rotatable bonds is 7. The Bertz CT molecular complexity index is 742. The van der Waals surface area contributed by atoms with Gasteiger partial charge in [-0.3, -0.25) is 9.59 Å². The van der Waals surface area contributed by atoms with E-state index in [4.69, 9.17) is 9.26 Å². The summed E-state index contributed by atoms with van der Waals surface area (Å²) in [6, 6.07) is 1.74. The molecule has 2 amide bonds. The number of likely N-dealkylation sites (tertiary alicyclic amines) is 1. The maximum Gasteiger partial charge on any atom is 0.230 e. The van der Waals surface area contributed by atoms with Crippen LogP contribution in [0.15, 0.2) is 29.0 Å². The third kappa shape index (κ3) is 2.88. The lowest BCUT2D eigenvalue weighted by Gasteiger charge is -2.27. The van der Waals surface area contributed by atoms with Gasteiger partial charge in [0.2, 0.25) is 11.8 Å². The van der Waals surface area contributed by atoms with E-state index in [-0.39, 0.29) is 17.9 Å². The minimum Gasteiger partial charge on any atom is -0.364 e. The Hall–Kier alpha value is -2.15. The van der Waals surface area contributed by atoms with Crippen molar-refractivity contribution in [3.05, 3.63) is 30.2 Å². The van der Waals surface area contributed by atoms with Crippen LogP contribution < -0.4 is 0 Å². The van der Waals surface area contributed by atoms with Crippen LogP contribution >= 0.6 is 0 Å². The van der Waals surface area contributed by atoms with E-state index < -0.39 is 17.4 Å². The predicted molar refractivity (Wildman–Crippen MR) is 97.4 cm³/mol. The number of aromatic nitrogens is 1. The van der Waals surface area contributed by atoms with Gasteiger partial charge in [-0.15, -0.1) is 0 Å². The summed E-state index contributed by atoms with van der Waals surface area (Å²) in [5, 5.41) is 3.87. The summed E-state index contributed by atoms with van der Waals surface area (Å²) in [5.41, 5.74) is 0.0522. The summed E-state index contributed by atoms with van der Waals surface area (Å²) in [5.74, 6) is -0.423. The molecule has 0 N–H and O–H groups in total. The molecule has 146 valence electrons. The van der Waals surface area contributed by atoms with Gasteiger partial charge >= 0.3 is 0 Å². The SMILES string of the molecule is CCC(CC)CN1C[C@]23C=C[C@H](O2)[C@H](C(=O)N(C)Cc2ccon2)[C@@H]3C1=O. The van der Waals surface area contributed by atoms with Gasteiger partial charge in [-0.05, 0) is 5.92 Å². The standard InChI is InChI=1S/C20H27N3O4/c1-4-13(5-2)10-23-12-20-8-6-15(27-20)16(17(20)19(23)25)18(24)22(3)11-14-7-9-26-21-14/h6-9,13,15-17H,4-5,10-12H2,1-3H3/t15-,16-,17+,20-/m0/s1. The van der Waals surface area contributed by atoms with Gasteiger partial charge in [0.25, 0.3) is 0 Å². The molecule has 0 radical (unpaired) electrons. The van der Waals surface area contributed by atoms with Crippen LogP contribution in [-0.2, 0) is 20.9 Å². The second-order valence-electron chi connectivity index (χ2n) is 7.99. The molecule has 4 rings (SSSR count). The van der Waals surface area contributed by atoms with Gasteiger partial charge < -0.3 is 19.1 Å². The Morgan fingerprint density at radius 3 is 2.89 bits per heavy atom. The summed E-state index contributed by atoms with van der Waals surface area (Å²) >= 11 is 0. The molecule has 2 saturated heterocycles. The van der Waals surface area contributed by atoms with E-state index in [1.165, 1.54) is 6.26 Å². The monoisotopic (exact) mass is 373 g/mol. The van der Waals surface area contributed by atoms with E-state index in [9.17, 15) is 9.59 Å². The largest absolute Gasteiger partial charge is 0.364 e. The number of ether oxygens (including phenoxy) is 1. The normalized spacial score (nSPS) is 31.2. The highest BCUT2D eigenvalue weighted by Gasteiger charge is 2.67. The minimum absolute atomic E-state index is 0.0573. The quantitative estimate of drug-likeness (QED) is 0.682. The first-order chi connectivity index (χ1) is 13.0. The lowest BCUT2D eigenvalue weighted by atomic mass is 9.76. The van der Waals surface area contributed by atoms with Crippen molar-refractivity contribution >= 4 is 11.8 Å². The molecule has 4 heterocycles. The average Bonchev–Trinajstić information content (AvgIpc) is 3.42. The molecular formula is C20H27N3O4. The third-order valence-corrected chi connectivity index (χ3v) is 6.36. The highest BCUT2D eigenvalue weighted by molar-refractivity contribution is 5.93. The molecule has 27 heavy (non-hydrogen) atoms. The van der Waals surface area contributed by atoms with Crippen LogP contribution in [0.3, 0.4) is 0 Å². The number of carbonyl (C=O) groups is 2. The number of hydrogen-bond donors (Lipinski definition) is 0. The average molecular weight is 373 g/mol. The van der Waals surface area contributed by atoms with Gasteiger partial charge in [-0.25, -0.2) is 0 Å². The van der Waals surface area contributed by atoms with Crippen LogP contribution in [0, 0.1) is 17.8 Å². The molecular weight excluding hydrogens is 346 g/mol. The summed E-state index contributed by atoms with van der Waals surface area (Å²) in [6.07, 6.45) is 7.22. The molecule has 0 aliphatic carbocycles. The maximum atomic E-state index is 13.2. The molecule has 2 fully saturated rings. The minimum atomic E-state index is -0.636. The summed E-state index contributed by atoms with van der Waals surface area (Å²) in [7, 11) is 1.74. The Balaban J connectivity index is 1.53. The molecule has 2 bridgehead atoms. The Kier molecular flexibility index (Phi) is 4.58. The highest BCUT2D eigenvalue weighted by Crippen LogP contribution is 2.52. The Morgan fingerprint density at radius 1 is 1.44 bits per heavy atom. The molecule has 0 aromatic carbocycles. The van der Waals surface area contributed by atoms with Crippen LogP contribution in [0.5, 0.6) is 0 Å². The smallest absolute Gasteiger partial charge is 0.230 e. The number of amides is 2. The van der Waals surface area contributed by atoms with E-state index >= 15 is 0 Å². The lowest BCUT2D eigenvalue weighted by molar-refractivity contribution is -0.143.